The van der Waals surface area contributed by atoms with Crippen molar-refractivity contribution in [3.63, 3.8) is 0 Å². The second kappa shape index (κ2) is 7.13. The summed E-state index contributed by atoms with van der Waals surface area (Å²) in [6, 6.07) is 1.74. The van der Waals surface area contributed by atoms with E-state index in [-0.39, 0.29) is 18.0 Å². The Morgan fingerprint density at radius 2 is 1.80 bits per heavy atom. The fourth-order valence-electron chi connectivity index (χ4n) is 1.78. The molecule has 0 aromatic heterocycles. The predicted molar refractivity (Wildman–Crippen MR) is 68.2 cm³/mol. The Morgan fingerprint density at radius 3 is 2.25 bits per heavy atom. The van der Waals surface area contributed by atoms with Crippen LogP contribution in [0.5, 0.6) is 0 Å². The molecule has 2 amide bonds. The third-order valence-electron chi connectivity index (χ3n) is 2.86. The molecule has 1 fully saturated rings. The Morgan fingerprint density at radius 1 is 1.25 bits per heavy atom. The van der Waals surface area contributed by atoms with Crippen molar-refractivity contribution >= 4 is 17.8 Å². The lowest BCUT2D eigenvalue weighted by Gasteiger charge is -2.34. The van der Waals surface area contributed by atoms with Gasteiger partial charge >= 0.3 is 5.97 Å². The highest BCUT2D eigenvalue weighted by atomic mass is 16.4. The quantitative estimate of drug-likeness (QED) is 0.492. The van der Waals surface area contributed by atoms with Crippen molar-refractivity contribution in [3.05, 3.63) is 11.8 Å². The first kappa shape index (κ1) is 15.5. The molecule has 0 saturated carbocycles. The fraction of sp³-hybridized carbons (Fsp3) is 0.500. The molecule has 0 aromatic rings. The average Bonchev–Trinajstić information content (AvgIpc) is 2.42. The van der Waals surface area contributed by atoms with Gasteiger partial charge in [0.25, 0.3) is 5.91 Å². The van der Waals surface area contributed by atoms with Crippen LogP contribution in [0.25, 0.3) is 0 Å². The Hall–Kier alpha value is -2.56. The maximum absolute atomic E-state index is 12.0. The predicted octanol–water partition coefficient (Wildman–Crippen LogP) is -1.24. The molecule has 1 rings (SSSR count). The zero-order valence-electron chi connectivity index (χ0n) is 11.1. The lowest BCUT2D eigenvalue weighted by molar-refractivity contribution is -0.136. The van der Waals surface area contributed by atoms with Crippen LogP contribution in [-0.4, -0.2) is 65.4 Å². The first-order valence-electron chi connectivity index (χ1n) is 6.06. The van der Waals surface area contributed by atoms with Crippen molar-refractivity contribution in [2.24, 2.45) is 0 Å². The first-order chi connectivity index (χ1) is 9.45. The van der Waals surface area contributed by atoms with E-state index in [0.717, 1.165) is 6.20 Å². The molecule has 1 aliphatic rings. The second-order valence-corrected chi connectivity index (χ2v) is 4.24. The SMILES string of the molecule is CC(=O)N1CCN(C(=O)/C(C#N)=C\NCC(=O)O)CC1. The highest BCUT2D eigenvalue weighted by molar-refractivity contribution is 5.97. The minimum atomic E-state index is -1.08. The summed E-state index contributed by atoms with van der Waals surface area (Å²) < 4.78 is 0. The average molecular weight is 280 g/mol. The van der Waals surface area contributed by atoms with Gasteiger partial charge in [-0.2, -0.15) is 5.26 Å². The Kier molecular flexibility index (Phi) is 5.53. The van der Waals surface area contributed by atoms with E-state index in [1.807, 2.05) is 0 Å². The summed E-state index contributed by atoms with van der Waals surface area (Å²) >= 11 is 0. The van der Waals surface area contributed by atoms with Gasteiger partial charge < -0.3 is 20.2 Å². The molecule has 1 heterocycles. The zero-order valence-corrected chi connectivity index (χ0v) is 11.1. The minimum absolute atomic E-state index is 0.0451. The van der Waals surface area contributed by atoms with E-state index < -0.39 is 11.9 Å². The Balaban J connectivity index is 2.58. The molecule has 0 radical (unpaired) electrons. The number of nitriles is 1. The summed E-state index contributed by atoms with van der Waals surface area (Å²) in [5, 5.41) is 19.8. The Labute approximate surface area is 116 Å². The lowest BCUT2D eigenvalue weighted by atomic mass is 10.2. The van der Waals surface area contributed by atoms with Crippen molar-refractivity contribution in [2.45, 2.75) is 6.92 Å². The van der Waals surface area contributed by atoms with Gasteiger partial charge in [-0.25, -0.2) is 0 Å². The fourth-order valence-corrected chi connectivity index (χ4v) is 1.78. The van der Waals surface area contributed by atoms with Gasteiger partial charge in [-0.1, -0.05) is 0 Å². The molecular weight excluding hydrogens is 264 g/mol. The van der Waals surface area contributed by atoms with Gasteiger partial charge in [0.1, 0.15) is 18.2 Å². The number of piperazine rings is 1. The number of carboxylic acid groups (broad SMARTS) is 1. The van der Waals surface area contributed by atoms with E-state index in [4.69, 9.17) is 10.4 Å². The normalized spacial score (nSPS) is 15.5. The molecule has 8 nitrogen and oxygen atoms in total. The monoisotopic (exact) mass is 280 g/mol. The molecule has 0 spiro atoms. The van der Waals surface area contributed by atoms with E-state index in [2.05, 4.69) is 5.32 Å². The van der Waals surface area contributed by atoms with Gasteiger partial charge in [-0.3, -0.25) is 14.4 Å². The minimum Gasteiger partial charge on any atom is -0.480 e. The summed E-state index contributed by atoms with van der Waals surface area (Å²) in [5.74, 6) is -1.59. The summed E-state index contributed by atoms with van der Waals surface area (Å²) in [6.07, 6.45) is 1.10. The smallest absolute Gasteiger partial charge is 0.322 e. The molecule has 20 heavy (non-hydrogen) atoms. The third-order valence-corrected chi connectivity index (χ3v) is 2.86. The van der Waals surface area contributed by atoms with Crippen LogP contribution in [-0.2, 0) is 14.4 Å². The van der Waals surface area contributed by atoms with Gasteiger partial charge in [-0.05, 0) is 0 Å². The van der Waals surface area contributed by atoms with Crippen LogP contribution in [0.15, 0.2) is 11.8 Å². The number of rotatable bonds is 4. The maximum Gasteiger partial charge on any atom is 0.322 e. The van der Waals surface area contributed by atoms with Gasteiger partial charge in [0.05, 0.1) is 0 Å². The van der Waals surface area contributed by atoms with Crippen molar-refractivity contribution in [1.29, 1.82) is 5.26 Å². The number of carbonyl (C=O) groups is 3. The van der Waals surface area contributed by atoms with Crippen LogP contribution in [0.4, 0.5) is 0 Å². The van der Waals surface area contributed by atoms with Crippen molar-refractivity contribution < 1.29 is 19.5 Å². The van der Waals surface area contributed by atoms with E-state index in [9.17, 15) is 14.4 Å². The van der Waals surface area contributed by atoms with Crippen LogP contribution in [0.3, 0.4) is 0 Å². The highest BCUT2D eigenvalue weighted by Crippen LogP contribution is 2.06. The molecule has 2 N–H and O–H groups in total. The number of aliphatic carboxylic acids is 1. The van der Waals surface area contributed by atoms with Crippen molar-refractivity contribution in [2.75, 3.05) is 32.7 Å². The molecule has 8 heteroatoms. The van der Waals surface area contributed by atoms with Crippen molar-refractivity contribution in [3.8, 4) is 6.07 Å². The molecule has 0 unspecified atom stereocenters. The summed E-state index contributed by atoms with van der Waals surface area (Å²) in [7, 11) is 0. The highest BCUT2D eigenvalue weighted by Gasteiger charge is 2.24. The number of nitrogens with zero attached hydrogens (tertiary/aromatic N) is 3. The molecular formula is C12H16N4O4. The second-order valence-electron chi connectivity index (χ2n) is 4.24. The lowest BCUT2D eigenvalue weighted by Crippen LogP contribution is -2.50. The summed E-state index contributed by atoms with van der Waals surface area (Å²) in [4.78, 5) is 36.6. The summed E-state index contributed by atoms with van der Waals surface area (Å²) in [5.41, 5.74) is -0.150. The molecule has 0 atom stereocenters. The van der Waals surface area contributed by atoms with Crippen LogP contribution < -0.4 is 5.32 Å². The summed E-state index contributed by atoms with van der Waals surface area (Å²) in [6.45, 7) is 2.68. The Bertz CT molecular complexity index is 472. The van der Waals surface area contributed by atoms with E-state index in [0.29, 0.717) is 26.2 Å². The standard InChI is InChI=1S/C12H16N4O4/c1-9(17)15-2-4-16(5-3-15)12(20)10(6-13)7-14-8-11(18)19/h7,14H,2-5,8H2,1H3,(H,18,19)/b10-7-. The van der Waals surface area contributed by atoms with Crippen LogP contribution in [0.1, 0.15) is 6.92 Å². The number of carboxylic acids is 1. The van der Waals surface area contributed by atoms with Gasteiger partial charge in [-0.15, -0.1) is 0 Å². The number of nitrogens with one attached hydrogen (secondary N) is 1. The molecule has 0 aliphatic carbocycles. The van der Waals surface area contributed by atoms with Crippen LogP contribution in [0.2, 0.25) is 0 Å². The zero-order chi connectivity index (χ0) is 15.1. The van der Waals surface area contributed by atoms with Gasteiger partial charge in [0.2, 0.25) is 5.91 Å². The van der Waals surface area contributed by atoms with E-state index >= 15 is 0 Å². The largest absolute Gasteiger partial charge is 0.480 e. The van der Waals surface area contributed by atoms with Gasteiger partial charge in [0, 0.05) is 39.3 Å². The molecule has 0 bridgehead atoms. The number of hydrogen-bond donors (Lipinski definition) is 2. The molecule has 1 saturated heterocycles. The molecule has 108 valence electrons. The van der Waals surface area contributed by atoms with Crippen molar-refractivity contribution in [1.82, 2.24) is 15.1 Å². The number of carbonyl (C=O) groups excluding carboxylic acids is 2. The first-order valence-corrected chi connectivity index (χ1v) is 6.06. The van der Waals surface area contributed by atoms with Crippen LogP contribution >= 0.6 is 0 Å². The molecule has 1 aliphatic heterocycles. The van der Waals surface area contributed by atoms with E-state index in [1.165, 1.54) is 11.8 Å². The van der Waals surface area contributed by atoms with Gasteiger partial charge in [0.15, 0.2) is 0 Å². The van der Waals surface area contributed by atoms with E-state index in [1.54, 1.807) is 11.0 Å². The van der Waals surface area contributed by atoms with Crippen LogP contribution in [0, 0.1) is 11.3 Å². The number of amides is 2. The maximum atomic E-state index is 12.0. The third kappa shape index (κ3) is 4.28. The molecule has 0 aromatic carbocycles. The topological polar surface area (TPSA) is 114 Å². The number of hydrogen-bond acceptors (Lipinski definition) is 5.